The van der Waals surface area contributed by atoms with E-state index in [4.69, 9.17) is 4.74 Å². The van der Waals surface area contributed by atoms with Gasteiger partial charge in [-0.2, -0.15) is 13.2 Å². The molecule has 1 aromatic rings. The monoisotopic (exact) mass is 345 g/mol. The fourth-order valence-electron chi connectivity index (χ4n) is 2.84. The number of halogens is 4. The summed E-state index contributed by atoms with van der Waals surface area (Å²) in [6.45, 7) is -0.443. The molecule has 2 heterocycles. The van der Waals surface area contributed by atoms with E-state index in [-0.39, 0.29) is 25.3 Å². The number of fused-ring (bicyclic) bond motifs is 1. The minimum absolute atomic E-state index is 0.0303. The maximum atomic E-state index is 13.3. The van der Waals surface area contributed by atoms with Gasteiger partial charge < -0.3 is 14.7 Å². The molecule has 1 fully saturated rings. The first-order valence-corrected chi connectivity index (χ1v) is 7.41. The number of likely N-dealkylation sites (tertiary alicyclic amines) is 1. The van der Waals surface area contributed by atoms with Crippen molar-refractivity contribution in [2.45, 2.75) is 24.6 Å². The van der Waals surface area contributed by atoms with Crippen LogP contribution in [0, 0.1) is 5.82 Å². The summed E-state index contributed by atoms with van der Waals surface area (Å²) < 4.78 is 57.0. The Balaban J connectivity index is 1.73. The third-order valence-corrected chi connectivity index (χ3v) is 4.36. The Bertz CT molecular complexity index is 691. The van der Waals surface area contributed by atoms with E-state index in [9.17, 15) is 27.5 Å². The summed E-state index contributed by atoms with van der Waals surface area (Å²) in [5.41, 5.74) is -2.10. The van der Waals surface area contributed by atoms with Crippen molar-refractivity contribution in [2.75, 3.05) is 19.7 Å². The number of carbonyl (C=O) groups excluding carboxylic acids is 1. The van der Waals surface area contributed by atoms with E-state index in [2.05, 4.69) is 0 Å². The van der Waals surface area contributed by atoms with Crippen molar-refractivity contribution in [3.8, 4) is 5.75 Å². The Morgan fingerprint density at radius 1 is 1.25 bits per heavy atom. The molecule has 2 aliphatic heterocycles. The van der Waals surface area contributed by atoms with Crippen LogP contribution < -0.4 is 4.74 Å². The first-order chi connectivity index (χ1) is 11.2. The molecule has 0 aromatic heterocycles. The van der Waals surface area contributed by atoms with Gasteiger partial charge in [0.15, 0.2) is 5.60 Å². The van der Waals surface area contributed by atoms with Gasteiger partial charge in [0.2, 0.25) is 0 Å². The molecule has 0 radical (unpaired) electrons. The molecular weight excluding hydrogens is 330 g/mol. The summed E-state index contributed by atoms with van der Waals surface area (Å²) in [4.78, 5) is 13.7. The number of amides is 1. The van der Waals surface area contributed by atoms with Crippen LogP contribution in [0.3, 0.4) is 0 Å². The van der Waals surface area contributed by atoms with Crippen molar-refractivity contribution in [1.29, 1.82) is 0 Å². The van der Waals surface area contributed by atoms with Crippen molar-refractivity contribution in [1.82, 2.24) is 4.90 Å². The number of ether oxygens (including phenoxy) is 1. The van der Waals surface area contributed by atoms with Crippen LogP contribution in [-0.2, 0) is 4.79 Å². The predicted molar refractivity (Wildman–Crippen MR) is 76.7 cm³/mol. The standard InChI is InChI=1S/C16H15F4NO3/c17-12-1-2-13-10(8-12)7-11(9-24-13)14(22)21-5-3-15(23,4-6-21)16(18,19)20/h1-2,7-8,23H,3-6,9H2. The highest BCUT2D eigenvalue weighted by atomic mass is 19.4. The number of piperidine rings is 1. The largest absolute Gasteiger partial charge is 0.488 e. The lowest BCUT2D eigenvalue weighted by Gasteiger charge is -2.39. The molecule has 3 rings (SSSR count). The van der Waals surface area contributed by atoms with Gasteiger partial charge in [0.25, 0.3) is 5.91 Å². The molecule has 2 aliphatic rings. The van der Waals surface area contributed by atoms with E-state index >= 15 is 0 Å². The lowest BCUT2D eigenvalue weighted by atomic mass is 9.90. The zero-order valence-corrected chi connectivity index (χ0v) is 12.6. The third-order valence-electron chi connectivity index (χ3n) is 4.36. The van der Waals surface area contributed by atoms with Crippen molar-refractivity contribution in [3.05, 3.63) is 35.2 Å². The summed E-state index contributed by atoms with van der Waals surface area (Å²) in [7, 11) is 0. The maximum Gasteiger partial charge on any atom is 0.417 e. The van der Waals surface area contributed by atoms with Gasteiger partial charge in [0, 0.05) is 31.5 Å². The highest BCUT2D eigenvalue weighted by Crippen LogP contribution is 2.38. The molecule has 24 heavy (non-hydrogen) atoms. The molecule has 0 unspecified atom stereocenters. The quantitative estimate of drug-likeness (QED) is 0.796. The van der Waals surface area contributed by atoms with E-state index in [1.54, 1.807) is 0 Å². The highest BCUT2D eigenvalue weighted by molar-refractivity contribution is 5.99. The molecule has 130 valence electrons. The van der Waals surface area contributed by atoms with Gasteiger partial charge in [-0.25, -0.2) is 4.39 Å². The number of aliphatic hydroxyl groups is 1. The second-order valence-corrected chi connectivity index (χ2v) is 5.96. The average molecular weight is 345 g/mol. The molecule has 1 N–H and O–H groups in total. The van der Waals surface area contributed by atoms with Crippen molar-refractivity contribution < 1.29 is 32.2 Å². The van der Waals surface area contributed by atoms with Crippen LogP contribution in [0.1, 0.15) is 18.4 Å². The first kappa shape index (κ1) is 16.8. The summed E-state index contributed by atoms with van der Waals surface area (Å²) in [6, 6.07) is 3.91. The normalized spacial score (nSPS) is 20.0. The molecule has 1 aromatic carbocycles. The van der Waals surface area contributed by atoms with Crippen LogP contribution in [0.4, 0.5) is 17.6 Å². The molecule has 1 saturated heterocycles. The van der Waals surface area contributed by atoms with Crippen LogP contribution in [0.5, 0.6) is 5.75 Å². The minimum atomic E-state index is -4.72. The average Bonchev–Trinajstić information content (AvgIpc) is 2.53. The maximum absolute atomic E-state index is 13.3. The second-order valence-electron chi connectivity index (χ2n) is 5.96. The van der Waals surface area contributed by atoms with Gasteiger partial charge in [0.05, 0.1) is 5.57 Å². The van der Waals surface area contributed by atoms with Crippen LogP contribution in [0.25, 0.3) is 6.08 Å². The van der Waals surface area contributed by atoms with E-state index in [0.717, 1.165) is 0 Å². The molecule has 8 heteroatoms. The van der Waals surface area contributed by atoms with Gasteiger partial charge in [-0.1, -0.05) is 0 Å². The third kappa shape index (κ3) is 2.98. The summed E-state index contributed by atoms with van der Waals surface area (Å²) in [5.74, 6) is -0.498. The summed E-state index contributed by atoms with van der Waals surface area (Å²) in [6.07, 6.45) is -4.37. The van der Waals surface area contributed by atoms with Gasteiger partial charge in [-0.15, -0.1) is 0 Å². The van der Waals surface area contributed by atoms with Gasteiger partial charge in [-0.3, -0.25) is 4.79 Å². The molecule has 0 saturated carbocycles. The second kappa shape index (κ2) is 5.77. The highest BCUT2D eigenvalue weighted by Gasteiger charge is 2.55. The molecule has 0 atom stereocenters. The predicted octanol–water partition coefficient (Wildman–Crippen LogP) is 2.52. The Hall–Kier alpha value is -2.09. The van der Waals surface area contributed by atoms with Crippen molar-refractivity contribution in [2.24, 2.45) is 0 Å². The zero-order valence-electron chi connectivity index (χ0n) is 12.6. The first-order valence-electron chi connectivity index (χ1n) is 7.41. The molecule has 0 spiro atoms. The Labute approximate surface area is 135 Å². The van der Waals surface area contributed by atoms with E-state index in [0.29, 0.717) is 11.3 Å². The Morgan fingerprint density at radius 2 is 1.92 bits per heavy atom. The topological polar surface area (TPSA) is 49.8 Å². The van der Waals surface area contributed by atoms with Crippen LogP contribution in [0.15, 0.2) is 23.8 Å². The Morgan fingerprint density at radius 3 is 2.54 bits per heavy atom. The number of rotatable bonds is 1. The van der Waals surface area contributed by atoms with Gasteiger partial charge in [-0.05, 0) is 24.3 Å². The van der Waals surface area contributed by atoms with Gasteiger partial charge >= 0.3 is 6.18 Å². The van der Waals surface area contributed by atoms with Crippen molar-refractivity contribution >= 4 is 12.0 Å². The molecule has 0 bridgehead atoms. The number of nitrogens with zero attached hydrogens (tertiary/aromatic N) is 1. The number of hydrogen-bond donors (Lipinski definition) is 1. The van der Waals surface area contributed by atoms with Crippen LogP contribution in [0.2, 0.25) is 0 Å². The molecule has 0 aliphatic carbocycles. The van der Waals surface area contributed by atoms with E-state index < -0.39 is 36.3 Å². The zero-order chi connectivity index (χ0) is 17.5. The summed E-state index contributed by atoms with van der Waals surface area (Å²) in [5, 5.41) is 9.63. The fourth-order valence-corrected chi connectivity index (χ4v) is 2.84. The van der Waals surface area contributed by atoms with Crippen LogP contribution in [-0.4, -0.2) is 47.4 Å². The number of alkyl halides is 3. The lowest BCUT2D eigenvalue weighted by Crippen LogP contribution is -2.54. The fraction of sp³-hybridized carbons (Fsp3) is 0.438. The molecular formula is C16H15F4NO3. The number of hydrogen-bond acceptors (Lipinski definition) is 3. The van der Waals surface area contributed by atoms with Gasteiger partial charge in [0.1, 0.15) is 18.2 Å². The van der Waals surface area contributed by atoms with Crippen molar-refractivity contribution in [3.63, 3.8) is 0 Å². The molecule has 1 amide bonds. The molecule has 4 nitrogen and oxygen atoms in total. The lowest BCUT2D eigenvalue weighted by molar-refractivity contribution is -0.271. The Kier molecular flexibility index (Phi) is 4.03. The summed E-state index contributed by atoms with van der Waals surface area (Å²) >= 11 is 0. The van der Waals surface area contributed by atoms with Crippen LogP contribution >= 0.6 is 0 Å². The number of benzene rings is 1. The van der Waals surface area contributed by atoms with E-state index in [1.165, 1.54) is 29.2 Å². The SMILES string of the molecule is O=C(C1=Cc2cc(F)ccc2OC1)N1CCC(O)(C(F)(F)F)CC1. The number of carbonyl (C=O) groups is 1. The minimum Gasteiger partial charge on any atom is -0.488 e. The van der Waals surface area contributed by atoms with E-state index in [1.807, 2.05) is 0 Å². The smallest absolute Gasteiger partial charge is 0.417 e.